The molecule has 0 unspecified atom stereocenters. The second kappa shape index (κ2) is 10.8. The van der Waals surface area contributed by atoms with Crippen molar-refractivity contribution in [1.29, 1.82) is 0 Å². The van der Waals surface area contributed by atoms with Gasteiger partial charge >= 0.3 is 0 Å². The van der Waals surface area contributed by atoms with Gasteiger partial charge in [0.05, 0.1) is 23.9 Å². The lowest BCUT2D eigenvalue weighted by atomic mass is 10.2. The number of benzene rings is 2. The average Bonchev–Trinajstić information content (AvgIpc) is 3.32. The Morgan fingerprint density at radius 2 is 1.82 bits per heavy atom. The molecule has 1 N–H and O–H groups in total. The number of hydrogen-bond donors (Lipinski definition) is 1. The Kier molecular flexibility index (Phi) is 7.59. The van der Waals surface area contributed by atoms with Crippen LogP contribution in [0.15, 0.2) is 53.9 Å². The van der Waals surface area contributed by atoms with Gasteiger partial charge in [0.2, 0.25) is 5.91 Å². The van der Waals surface area contributed by atoms with Gasteiger partial charge in [0, 0.05) is 37.1 Å². The maximum atomic E-state index is 12.9. The molecule has 0 saturated carbocycles. The average molecular weight is 485 g/mol. The highest BCUT2D eigenvalue weighted by Crippen LogP contribution is 2.26. The van der Waals surface area contributed by atoms with E-state index < -0.39 is 0 Å². The second-order valence-electron chi connectivity index (χ2n) is 7.59. The molecule has 0 spiro atoms. The molecule has 1 aromatic heterocycles. The van der Waals surface area contributed by atoms with Gasteiger partial charge in [-0.1, -0.05) is 23.7 Å². The third kappa shape index (κ3) is 5.90. The molecule has 0 atom stereocenters. The highest BCUT2D eigenvalue weighted by atomic mass is 35.5. The molecule has 0 radical (unpaired) electrons. The summed E-state index contributed by atoms with van der Waals surface area (Å²) in [5.74, 6) is 0.610. The lowest BCUT2D eigenvalue weighted by Gasteiger charge is -2.34. The van der Waals surface area contributed by atoms with E-state index in [2.05, 4.69) is 10.3 Å². The molecule has 3 aromatic rings. The molecule has 1 aliphatic heterocycles. The number of halogens is 1. The summed E-state index contributed by atoms with van der Waals surface area (Å²) in [4.78, 5) is 33.7. The molecular weight excluding hydrogens is 460 g/mol. The maximum absolute atomic E-state index is 12.9. The summed E-state index contributed by atoms with van der Waals surface area (Å²) in [6.45, 7) is 5.17. The van der Waals surface area contributed by atoms with E-state index in [1.165, 1.54) is 11.3 Å². The number of aromatic nitrogens is 1. The number of piperazine rings is 1. The molecule has 2 aromatic carbocycles. The highest BCUT2D eigenvalue weighted by molar-refractivity contribution is 7.13. The lowest BCUT2D eigenvalue weighted by molar-refractivity contribution is -0.117. The van der Waals surface area contributed by atoms with Crippen molar-refractivity contribution in [2.45, 2.75) is 6.92 Å². The minimum Gasteiger partial charge on any atom is -0.494 e. The molecular formula is C24H25ClN4O3S. The monoisotopic (exact) mass is 484 g/mol. The molecule has 1 saturated heterocycles. The Labute approximate surface area is 201 Å². The van der Waals surface area contributed by atoms with Gasteiger partial charge in [-0.15, -0.1) is 11.3 Å². The fourth-order valence-corrected chi connectivity index (χ4v) is 4.57. The van der Waals surface area contributed by atoms with Crippen LogP contribution in [0.2, 0.25) is 5.02 Å². The van der Waals surface area contributed by atoms with Crippen molar-refractivity contribution < 1.29 is 14.3 Å². The molecule has 9 heteroatoms. The van der Waals surface area contributed by atoms with Gasteiger partial charge in [0.25, 0.3) is 5.91 Å². The van der Waals surface area contributed by atoms with Crippen LogP contribution in [-0.4, -0.2) is 65.9 Å². The van der Waals surface area contributed by atoms with Gasteiger partial charge in [-0.3, -0.25) is 14.5 Å². The zero-order valence-corrected chi connectivity index (χ0v) is 19.9. The molecule has 1 fully saturated rings. The quantitative estimate of drug-likeness (QED) is 0.542. The van der Waals surface area contributed by atoms with Crippen LogP contribution in [0.4, 0.5) is 5.69 Å². The number of hydrogen-bond acceptors (Lipinski definition) is 6. The first-order valence-electron chi connectivity index (χ1n) is 10.8. The number of anilines is 1. The first-order valence-corrected chi connectivity index (χ1v) is 12.0. The minimum absolute atomic E-state index is 0.0800. The third-order valence-electron chi connectivity index (χ3n) is 5.31. The van der Waals surface area contributed by atoms with Crippen LogP contribution in [0.5, 0.6) is 5.75 Å². The fraction of sp³-hybridized carbons (Fsp3) is 0.292. The van der Waals surface area contributed by atoms with Gasteiger partial charge in [0.15, 0.2) is 0 Å². The van der Waals surface area contributed by atoms with Crippen LogP contribution in [0.25, 0.3) is 10.6 Å². The summed E-state index contributed by atoms with van der Waals surface area (Å²) < 4.78 is 5.47. The molecule has 1 aliphatic rings. The van der Waals surface area contributed by atoms with E-state index >= 15 is 0 Å². The summed E-state index contributed by atoms with van der Waals surface area (Å²) in [5, 5.41) is 5.95. The van der Waals surface area contributed by atoms with E-state index in [1.807, 2.05) is 48.2 Å². The summed E-state index contributed by atoms with van der Waals surface area (Å²) in [6, 6.07) is 14.9. The predicted molar refractivity (Wildman–Crippen MR) is 131 cm³/mol. The number of rotatable bonds is 7. The van der Waals surface area contributed by atoms with E-state index in [1.54, 1.807) is 22.4 Å². The Balaban J connectivity index is 1.29. The molecule has 0 bridgehead atoms. The summed E-state index contributed by atoms with van der Waals surface area (Å²) in [6.07, 6.45) is 0. The van der Waals surface area contributed by atoms with Crippen molar-refractivity contribution in [3.05, 3.63) is 64.6 Å². The smallest absolute Gasteiger partial charge is 0.273 e. The lowest BCUT2D eigenvalue weighted by Crippen LogP contribution is -2.50. The fourth-order valence-electron chi connectivity index (χ4n) is 3.59. The zero-order chi connectivity index (χ0) is 23.2. The summed E-state index contributed by atoms with van der Waals surface area (Å²) >= 11 is 7.55. The van der Waals surface area contributed by atoms with Crippen LogP contribution in [0.1, 0.15) is 17.4 Å². The largest absolute Gasteiger partial charge is 0.494 e. The first-order chi connectivity index (χ1) is 16.0. The van der Waals surface area contributed by atoms with Gasteiger partial charge in [-0.2, -0.15) is 0 Å². The van der Waals surface area contributed by atoms with Crippen LogP contribution in [-0.2, 0) is 4.79 Å². The van der Waals surface area contributed by atoms with E-state index in [-0.39, 0.29) is 18.4 Å². The molecule has 0 aliphatic carbocycles. The number of carbonyl (C=O) groups is 2. The van der Waals surface area contributed by atoms with Crippen LogP contribution in [0.3, 0.4) is 0 Å². The number of thiazole rings is 1. The molecule has 2 heterocycles. The predicted octanol–water partition coefficient (Wildman–Crippen LogP) is 4.26. The molecule has 172 valence electrons. The second-order valence-corrected chi connectivity index (χ2v) is 8.86. The van der Waals surface area contributed by atoms with Crippen molar-refractivity contribution >= 4 is 40.4 Å². The molecule has 4 rings (SSSR count). The molecule has 33 heavy (non-hydrogen) atoms. The molecule has 2 amide bonds. The van der Waals surface area contributed by atoms with Crippen molar-refractivity contribution in [2.75, 3.05) is 44.6 Å². The Hall–Kier alpha value is -2.94. The number of ether oxygens (including phenoxy) is 1. The number of nitrogens with one attached hydrogen (secondary N) is 1. The van der Waals surface area contributed by atoms with Gasteiger partial charge in [-0.25, -0.2) is 4.98 Å². The highest BCUT2D eigenvalue weighted by Gasteiger charge is 2.25. The zero-order valence-electron chi connectivity index (χ0n) is 18.3. The van der Waals surface area contributed by atoms with E-state index in [4.69, 9.17) is 16.3 Å². The van der Waals surface area contributed by atoms with Crippen LogP contribution >= 0.6 is 22.9 Å². The van der Waals surface area contributed by atoms with E-state index in [0.29, 0.717) is 49.2 Å². The SMILES string of the molecule is CCOc1ccc(-c2nc(C(=O)N3CCN(CC(=O)Nc4ccccc4Cl)CC3)cs2)cc1. The summed E-state index contributed by atoms with van der Waals surface area (Å²) in [7, 11) is 0. The Morgan fingerprint density at radius 1 is 1.09 bits per heavy atom. The number of carbonyl (C=O) groups excluding carboxylic acids is 2. The van der Waals surface area contributed by atoms with Crippen molar-refractivity contribution in [2.24, 2.45) is 0 Å². The third-order valence-corrected chi connectivity index (χ3v) is 6.53. The van der Waals surface area contributed by atoms with Crippen molar-refractivity contribution in [1.82, 2.24) is 14.8 Å². The van der Waals surface area contributed by atoms with Crippen molar-refractivity contribution in [3.63, 3.8) is 0 Å². The van der Waals surface area contributed by atoms with Crippen molar-refractivity contribution in [3.8, 4) is 16.3 Å². The van der Waals surface area contributed by atoms with Gasteiger partial charge in [-0.05, 0) is 43.3 Å². The molecule has 7 nitrogen and oxygen atoms in total. The van der Waals surface area contributed by atoms with Gasteiger partial charge < -0.3 is 15.0 Å². The van der Waals surface area contributed by atoms with E-state index in [9.17, 15) is 9.59 Å². The maximum Gasteiger partial charge on any atom is 0.273 e. The topological polar surface area (TPSA) is 74.8 Å². The van der Waals surface area contributed by atoms with Crippen LogP contribution in [0, 0.1) is 0 Å². The minimum atomic E-state index is -0.123. The van der Waals surface area contributed by atoms with Gasteiger partial charge in [0.1, 0.15) is 16.5 Å². The Morgan fingerprint density at radius 3 is 2.52 bits per heavy atom. The normalized spacial score (nSPS) is 14.2. The summed E-state index contributed by atoms with van der Waals surface area (Å²) in [5.41, 5.74) is 2.01. The number of nitrogens with zero attached hydrogens (tertiary/aromatic N) is 3. The first kappa shape index (κ1) is 23.2. The standard InChI is InChI=1S/C24H25ClN4O3S/c1-2-32-18-9-7-17(8-10-18)23-27-21(16-33-23)24(31)29-13-11-28(12-14-29)15-22(30)26-20-6-4-3-5-19(20)25/h3-10,16H,2,11-15H2,1H3,(H,26,30). The Bertz CT molecular complexity index is 1110. The number of para-hydroxylation sites is 1. The van der Waals surface area contributed by atoms with Crippen LogP contribution < -0.4 is 10.1 Å². The van der Waals surface area contributed by atoms with E-state index in [0.717, 1.165) is 16.3 Å². The number of amides is 2.